The minimum atomic E-state index is -0.330. The predicted molar refractivity (Wildman–Crippen MR) is 134 cm³/mol. The van der Waals surface area contributed by atoms with E-state index in [1.807, 2.05) is 48.5 Å². The molecular weight excluding hydrogens is 468 g/mol. The Morgan fingerprint density at radius 2 is 1.83 bits per heavy atom. The third-order valence-electron chi connectivity index (χ3n) is 5.37. The second kappa shape index (κ2) is 11.6. The lowest BCUT2D eigenvalue weighted by Crippen LogP contribution is -2.24. The number of thioether (sulfide) groups is 1. The van der Waals surface area contributed by atoms with Gasteiger partial charge in [-0.15, -0.1) is 0 Å². The molecule has 9 heteroatoms. The summed E-state index contributed by atoms with van der Waals surface area (Å²) in [5.74, 6) is 1.81. The van der Waals surface area contributed by atoms with Crippen LogP contribution in [0, 0.1) is 0 Å². The Morgan fingerprint density at radius 3 is 2.49 bits per heavy atom. The molecule has 1 atom stereocenters. The first kappa shape index (κ1) is 24.4. The van der Waals surface area contributed by atoms with E-state index in [2.05, 4.69) is 10.3 Å². The third kappa shape index (κ3) is 6.45. The van der Waals surface area contributed by atoms with E-state index in [-0.39, 0.29) is 23.0 Å². The van der Waals surface area contributed by atoms with Crippen LogP contribution < -0.4 is 19.5 Å². The first-order chi connectivity index (χ1) is 17.1. The molecule has 1 aliphatic rings. The second-order valence-electron chi connectivity index (χ2n) is 7.81. The zero-order chi connectivity index (χ0) is 24.6. The van der Waals surface area contributed by atoms with Crippen LogP contribution in [0.5, 0.6) is 17.2 Å². The van der Waals surface area contributed by atoms with Gasteiger partial charge in [0.25, 0.3) is 5.24 Å². The molecule has 8 nitrogen and oxygen atoms in total. The zero-order valence-corrected chi connectivity index (χ0v) is 20.3. The fourth-order valence-corrected chi connectivity index (χ4v) is 4.51. The van der Waals surface area contributed by atoms with Gasteiger partial charge < -0.3 is 18.6 Å². The molecule has 0 spiro atoms. The Kier molecular flexibility index (Phi) is 8.10. The number of rotatable bonds is 11. The number of methoxy groups -OCH3 is 2. The molecule has 1 N–H and O–H groups in total. The van der Waals surface area contributed by atoms with Crippen LogP contribution >= 0.6 is 11.8 Å². The molecule has 2 amide bonds. The molecule has 2 heterocycles. The van der Waals surface area contributed by atoms with Crippen molar-refractivity contribution < 1.29 is 28.2 Å². The van der Waals surface area contributed by atoms with Crippen LogP contribution in [0.2, 0.25) is 0 Å². The molecule has 35 heavy (non-hydrogen) atoms. The van der Waals surface area contributed by atoms with Crippen LogP contribution in [-0.4, -0.2) is 35.6 Å². The number of nitrogens with one attached hydrogen (secondary N) is 1. The lowest BCUT2D eigenvalue weighted by Gasteiger charge is -2.16. The average molecular weight is 495 g/mol. The maximum absolute atomic E-state index is 11.7. The van der Waals surface area contributed by atoms with E-state index < -0.39 is 0 Å². The standard InChI is InChI=1S/C26H26N2O6S/c1-31-20-13-18(9-6-10-22-25(29)28-26(30)35-22)14-21(32-2)24(20)34-16-19-15-33-23(27-19)12-11-17-7-4-3-5-8-17/h3-5,7-8,11-15,22H,6,9-10,16H2,1-2H3,(H,28,29,30). The molecule has 2 aromatic carbocycles. The summed E-state index contributed by atoms with van der Waals surface area (Å²) in [5.41, 5.74) is 2.67. The van der Waals surface area contributed by atoms with Crippen molar-refractivity contribution in [1.29, 1.82) is 0 Å². The van der Waals surface area contributed by atoms with Crippen molar-refractivity contribution in [2.75, 3.05) is 14.2 Å². The molecule has 182 valence electrons. The van der Waals surface area contributed by atoms with E-state index in [0.29, 0.717) is 41.7 Å². The van der Waals surface area contributed by atoms with Crippen LogP contribution in [0.3, 0.4) is 0 Å². The Labute approximate surface area is 207 Å². The lowest BCUT2D eigenvalue weighted by molar-refractivity contribution is -0.119. The van der Waals surface area contributed by atoms with Crippen molar-refractivity contribution in [1.82, 2.24) is 10.3 Å². The molecule has 0 bridgehead atoms. The van der Waals surface area contributed by atoms with Gasteiger partial charge in [-0.05, 0) is 48.6 Å². The topological polar surface area (TPSA) is 99.9 Å². The first-order valence-electron chi connectivity index (χ1n) is 11.1. The number of oxazole rings is 1. The van der Waals surface area contributed by atoms with Gasteiger partial charge in [0.15, 0.2) is 11.5 Å². The third-order valence-corrected chi connectivity index (χ3v) is 6.42. The van der Waals surface area contributed by atoms with Gasteiger partial charge in [-0.2, -0.15) is 0 Å². The molecule has 0 aliphatic carbocycles. The van der Waals surface area contributed by atoms with E-state index in [1.54, 1.807) is 26.6 Å². The van der Waals surface area contributed by atoms with Gasteiger partial charge in [-0.25, -0.2) is 4.98 Å². The highest BCUT2D eigenvalue weighted by atomic mass is 32.2. The molecule has 1 unspecified atom stereocenters. The van der Waals surface area contributed by atoms with Crippen molar-refractivity contribution in [2.45, 2.75) is 31.1 Å². The summed E-state index contributed by atoms with van der Waals surface area (Å²) >= 11 is 1.05. The van der Waals surface area contributed by atoms with Crippen molar-refractivity contribution in [3.63, 3.8) is 0 Å². The minimum absolute atomic E-state index is 0.177. The lowest BCUT2D eigenvalue weighted by atomic mass is 10.1. The normalized spacial score (nSPS) is 15.4. The summed E-state index contributed by atoms with van der Waals surface area (Å²) in [6.07, 6.45) is 7.34. The number of aromatic nitrogens is 1. The quantitative estimate of drug-likeness (QED) is 0.392. The minimum Gasteiger partial charge on any atom is -0.493 e. The molecule has 1 saturated heterocycles. The first-order valence-corrected chi connectivity index (χ1v) is 12.0. The average Bonchev–Trinajstić information content (AvgIpc) is 3.46. The number of benzene rings is 2. The van der Waals surface area contributed by atoms with Crippen molar-refractivity contribution >= 4 is 35.1 Å². The SMILES string of the molecule is COc1cc(CCCC2SC(=O)NC2=O)cc(OC)c1OCc1coc(C=Cc2ccccc2)n1. The number of amides is 2. The molecular formula is C26H26N2O6S. The van der Waals surface area contributed by atoms with E-state index in [0.717, 1.165) is 29.3 Å². The van der Waals surface area contributed by atoms with Gasteiger partial charge in [0.05, 0.1) is 19.5 Å². The van der Waals surface area contributed by atoms with E-state index in [9.17, 15) is 9.59 Å². The zero-order valence-electron chi connectivity index (χ0n) is 19.5. The molecule has 3 aromatic rings. The largest absolute Gasteiger partial charge is 0.493 e. The summed E-state index contributed by atoms with van der Waals surface area (Å²) in [4.78, 5) is 27.5. The molecule has 1 aromatic heterocycles. The number of hydrogen-bond donors (Lipinski definition) is 1. The van der Waals surface area contributed by atoms with Crippen LogP contribution in [0.15, 0.2) is 53.1 Å². The summed E-state index contributed by atoms with van der Waals surface area (Å²) in [5, 5.41) is 1.70. The molecule has 1 aliphatic heterocycles. The highest BCUT2D eigenvalue weighted by Gasteiger charge is 2.30. The summed E-state index contributed by atoms with van der Waals surface area (Å²) in [6, 6.07) is 13.7. The summed E-state index contributed by atoms with van der Waals surface area (Å²) in [7, 11) is 3.14. The number of nitrogens with zero attached hydrogens (tertiary/aromatic N) is 1. The van der Waals surface area contributed by atoms with Gasteiger partial charge >= 0.3 is 0 Å². The van der Waals surface area contributed by atoms with Gasteiger partial charge in [0, 0.05) is 6.08 Å². The summed E-state index contributed by atoms with van der Waals surface area (Å²) < 4.78 is 22.6. The predicted octanol–water partition coefficient (Wildman–Crippen LogP) is 5.12. The number of carbonyl (C=O) groups excluding carboxylic acids is 2. The van der Waals surface area contributed by atoms with Crippen LogP contribution in [0.1, 0.15) is 35.6 Å². The van der Waals surface area contributed by atoms with Crippen LogP contribution in [-0.2, 0) is 17.8 Å². The van der Waals surface area contributed by atoms with Gasteiger partial charge in [0.1, 0.15) is 18.6 Å². The van der Waals surface area contributed by atoms with Gasteiger partial charge in [-0.3, -0.25) is 14.9 Å². The monoisotopic (exact) mass is 494 g/mol. The Hall–Kier alpha value is -3.72. The smallest absolute Gasteiger partial charge is 0.286 e. The Morgan fingerprint density at radius 1 is 1.09 bits per heavy atom. The Bertz CT molecular complexity index is 1180. The van der Waals surface area contributed by atoms with E-state index in [1.165, 1.54) is 0 Å². The number of aryl methyl sites for hydroxylation is 1. The molecule has 4 rings (SSSR count). The van der Waals surface area contributed by atoms with Gasteiger partial charge in [-0.1, -0.05) is 42.1 Å². The molecule has 0 radical (unpaired) electrons. The number of carbonyl (C=O) groups is 2. The summed E-state index contributed by atoms with van der Waals surface area (Å²) in [6.45, 7) is 0.177. The molecule has 1 fully saturated rings. The fourth-order valence-electron chi connectivity index (χ4n) is 3.64. The highest BCUT2D eigenvalue weighted by Crippen LogP contribution is 2.39. The van der Waals surface area contributed by atoms with Gasteiger partial charge in [0.2, 0.25) is 17.5 Å². The maximum atomic E-state index is 11.7. The fraction of sp³-hybridized carbons (Fsp3) is 0.269. The number of hydrogen-bond acceptors (Lipinski definition) is 8. The van der Waals surface area contributed by atoms with Crippen LogP contribution in [0.4, 0.5) is 4.79 Å². The van der Waals surface area contributed by atoms with Crippen LogP contribution in [0.25, 0.3) is 12.2 Å². The highest BCUT2D eigenvalue weighted by molar-refractivity contribution is 8.15. The van der Waals surface area contributed by atoms with E-state index >= 15 is 0 Å². The van der Waals surface area contributed by atoms with Crippen molar-refractivity contribution in [2.24, 2.45) is 0 Å². The number of imide groups is 1. The molecule has 0 saturated carbocycles. The van der Waals surface area contributed by atoms with Crippen molar-refractivity contribution in [3.8, 4) is 17.2 Å². The van der Waals surface area contributed by atoms with E-state index in [4.69, 9.17) is 18.6 Å². The second-order valence-corrected chi connectivity index (χ2v) is 8.99. The number of ether oxygens (including phenoxy) is 3. The van der Waals surface area contributed by atoms with Crippen molar-refractivity contribution in [3.05, 3.63) is 71.4 Å². The Balaban J connectivity index is 1.37. The maximum Gasteiger partial charge on any atom is 0.286 e.